The highest BCUT2D eigenvalue weighted by molar-refractivity contribution is 5.84. The molecule has 120 valence electrons. The first kappa shape index (κ1) is 15.8. The van der Waals surface area contributed by atoms with Crippen molar-refractivity contribution in [2.45, 2.75) is 46.3 Å². The summed E-state index contributed by atoms with van der Waals surface area (Å²) < 4.78 is 2.37. The fraction of sp³-hybridized carbons (Fsp3) is 0.333. The molecule has 2 nitrogen and oxygen atoms in total. The van der Waals surface area contributed by atoms with Crippen molar-refractivity contribution in [3.05, 3.63) is 71.4 Å². The van der Waals surface area contributed by atoms with Crippen molar-refractivity contribution >= 4 is 10.9 Å². The lowest BCUT2D eigenvalue weighted by molar-refractivity contribution is 0.535. The quantitative estimate of drug-likeness (QED) is 0.686. The average molecular weight is 306 g/mol. The molecule has 0 aliphatic heterocycles. The molecular weight excluding hydrogens is 280 g/mol. The van der Waals surface area contributed by atoms with E-state index in [0.717, 1.165) is 19.5 Å². The molecule has 0 aliphatic rings. The van der Waals surface area contributed by atoms with Crippen LogP contribution in [0.2, 0.25) is 0 Å². The van der Waals surface area contributed by atoms with E-state index in [1.54, 1.807) is 0 Å². The van der Waals surface area contributed by atoms with Gasteiger partial charge in [0.25, 0.3) is 0 Å². The molecule has 3 aromatic rings. The van der Waals surface area contributed by atoms with Gasteiger partial charge in [-0.25, -0.2) is 0 Å². The Morgan fingerprint density at radius 2 is 1.91 bits per heavy atom. The van der Waals surface area contributed by atoms with Gasteiger partial charge in [0.2, 0.25) is 0 Å². The van der Waals surface area contributed by atoms with Crippen LogP contribution in [0.25, 0.3) is 10.9 Å². The fourth-order valence-electron chi connectivity index (χ4n) is 3.03. The number of hydrogen-bond donors (Lipinski definition) is 1. The summed E-state index contributed by atoms with van der Waals surface area (Å²) in [5.41, 5.74) is 5.37. The number of aromatic nitrogens is 1. The van der Waals surface area contributed by atoms with E-state index in [4.69, 9.17) is 0 Å². The summed E-state index contributed by atoms with van der Waals surface area (Å²) in [6.07, 6.45) is 3.46. The van der Waals surface area contributed by atoms with E-state index in [1.807, 2.05) is 0 Å². The van der Waals surface area contributed by atoms with Crippen molar-refractivity contribution in [2.24, 2.45) is 0 Å². The summed E-state index contributed by atoms with van der Waals surface area (Å²) >= 11 is 0. The molecule has 0 unspecified atom stereocenters. The van der Waals surface area contributed by atoms with Gasteiger partial charge in [-0.05, 0) is 37.5 Å². The molecule has 0 fully saturated rings. The second-order valence-corrected chi connectivity index (χ2v) is 6.48. The summed E-state index contributed by atoms with van der Waals surface area (Å²) in [4.78, 5) is 0. The zero-order valence-corrected chi connectivity index (χ0v) is 14.3. The number of benzene rings is 2. The van der Waals surface area contributed by atoms with E-state index in [2.05, 4.69) is 85.4 Å². The minimum absolute atomic E-state index is 0.550. The summed E-state index contributed by atoms with van der Waals surface area (Å²) in [5.74, 6) is 0. The van der Waals surface area contributed by atoms with Crippen LogP contribution in [-0.4, -0.2) is 10.6 Å². The number of aryl methyl sites for hydroxylation is 1. The minimum Gasteiger partial charge on any atom is -0.343 e. The molecule has 0 aliphatic carbocycles. The molecular formula is C21H26N2. The van der Waals surface area contributed by atoms with Gasteiger partial charge in [-0.15, -0.1) is 0 Å². The predicted octanol–water partition coefficient (Wildman–Crippen LogP) is 4.89. The highest BCUT2D eigenvalue weighted by Crippen LogP contribution is 2.22. The maximum absolute atomic E-state index is 3.61. The van der Waals surface area contributed by atoms with Gasteiger partial charge in [0.15, 0.2) is 0 Å². The summed E-state index contributed by atoms with van der Waals surface area (Å²) in [6, 6.07) is 18.0. The van der Waals surface area contributed by atoms with Crippen LogP contribution in [-0.2, 0) is 13.1 Å². The van der Waals surface area contributed by atoms with Crippen molar-refractivity contribution in [1.29, 1.82) is 0 Å². The molecule has 0 saturated heterocycles. The number of rotatable bonds is 6. The Balaban J connectivity index is 1.91. The van der Waals surface area contributed by atoms with Crippen LogP contribution in [0.1, 0.15) is 37.0 Å². The fourth-order valence-corrected chi connectivity index (χ4v) is 3.03. The first-order valence-corrected chi connectivity index (χ1v) is 8.53. The van der Waals surface area contributed by atoms with Gasteiger partial charge in [0.1, 0.15) is 0 Å². The third-order valence-electron chi connectivity index (χ3n) is 4.56. The maximum Gasteiger partial charge on any atom is 0.0486 e. The monoisotopic (exact) mass is 306 g/mol. The average Bonchev–Trinajstić information content (AvgIpc) is 2.91. The van der Waals surface area contributed by atoms with Gasteiger partial charge < -0.3 is 9.88 Å². The number of nitrogens with one attached hydrogen (secondary N) is 1. The molecule has 23 heavy (non-hydrogen) atoms. The van der Waals surface area contributed by atoms with Crippen molar-refractivity contribution in [3.63, 3.8) is 0 Å². The SMILES string of the molecule is CC[C@@H](C)NCc1cn(Cc2cccc(C)c2)c2ccccc12. The summed E-state index contributed by atoms with van der Waals surface area (Å²) in [7, 11) is 0. The van der Waals surface area contributed by atoms with Gasteiger partial charge >= 0.3 is 0 Å². The zero-order chi connectivity index (χ0) is 16.2. The Morgan fingerprint density at radius 3 is 2.70 bits per heavy atom. The summed E-state index contributed by atoms with van der Waals surface area (Å²) in [6.45, 7) is 8.46. The highest BCUT2D eigenvalue weighted by atomic mass is 15.0. The smallest absolute Gasteiger partial charge is 0.0486 e. The van der Waals surface area contributed by atoms with Gasteiger partial charge in [0, 0.05) is 36.2 Å². The van der Waals surface area contributed by atoms with E-state index in [1.165, 1.54) is 27.6 Å². The zero-order valence-electron chi connectivity index (χ0n) is 14.3. The predicted molar refractivity (Wildman–Crippen MR) is 98.8 cm³/mol. The van der Waals surface area contributed by atoms with Crippen molar-refractivity contribution < 1.29 is 0 Å². The molecule has 1 aromatic heterocycles. The second kappa shape index (κ2) is 7.01. The largest absolute Gasteiger partial charge is 0.343 e. The minimum atomic E-state index is 0.550. The van der Waals surface area contributed by atoms with Crippen LogP contribution in [0.4, 0.5) is 0 Å². The maximum atomic E-state index is 3.61. The van der Waals surface area contributed by atoms with Crippen LogP contribution in [0.15, 0.2) is 54.7 Å². The summed E-state index contributed by atoms with van der Waals surface area (Å²) in [5, 5.41) is 4.97. The first-order chi connectivity index (χ1) is 11.2. The lowest BCUT2D eigenvalue weighted by Gasteiger charge is -2.10. The third kappa shape index (κ3) is 3.65. The first-order valence-electron chi connectivity index (χ1n) is 8.53. The molecule has 1 N–H and O–H groups in total. The standard InChI is InChI=1S/C21H26N2/c1-4-17(3)22-13-19-15-23(21-11-6-5-10-20(19)21)14-18-9-7-8-16(2)12-18/h5-12,15,17,22H,4,13-14H2,1-3H3/t17-/m1/s1. The van der Waals surface area contributed by atoms with Crippen molar-refractivity contribution in [2.75, 3.05) is 0 Å². The lowest BCUT2D eigenvalue weighted by atomic mass is 10.1. The number of nitrogens with zero attached hydrogens (tertiary/aromatic N) is 1. The van der Waals surface area contributed by atoms with Crippen LogP contribution < -0.4 is 5.32 Å². The molecule has 3 rings (SSSR count). The van der Waals surface area contributed by atoms with Crippen LogP contribution in [0.5, 0.6) is 0 Å². The lowest BCUT2D eigenvalue weighted by Crippen LogP contribution is -2.24. The number of fused-ring (bicyclic) bond motifs is 1. The van der Waals surface area contributed by atoms with Gasteiger partial charge in [0.05, 0.1) is 0 Å². The van der Waals surface area contributed by atoms with E-state index in [0.29, 0.717) is 6.04 Å². The molecule has 2 aromatic carbocycles. The molecule has 0 bridgehead atoms. The third-order valence-corrected chi connectivity index (χ3v) is 4.56. The molecule has 2 heteroatoms. The van der Waals surface area contributed by atoms with Gasteiger partial charge in [-0.3, -0.25) is 0 Å². The van der Waals surface area contributed by atoms with E-state index < -0.39 is 0 Å². The van der Waals surface area contributed by atoms with Crippen LogP contribution in [0, 0.1) is 6.92 Å². The van der Waals surface area contributed by atoms with E-state index in [-0.39, 0.29) is 0 Å². The van der Waals surface area contributed by atoms with Gasteiger partial charge in [-0.1, -0.05) is 55.0 Å². The molecule has 1 atom stereocenters. The topological polar surface area (TPSA) is 17.0 Å². The molecule has 0 spiro atoms. The number of para-hydroxylation sites is 1. The Labute approximate surface area is 139 Å². The van der Waals surface area contributed by atoms with E-state index >= 15 is 0 Å². The second-order valence-electron chi connectivity index (χ2n) is 6.48. The molecule has 0 amide bonds. The van der Waals surface area contributed by atoms with Crippen LogP contribution >= 0.6 is 0 Å². The van der Waals surface area contributed by atoms with Gasteiger partial charge in [-0.2, -0.15) is 0 Å². The Bertz CT molecular complexity index is 785. The normalized spacial score (nSPS) is 12.7. The molecule has 1 heterocycles. The Morgan fingerprint density at radius 1 is 1.09 bits per heavy atom. The molecule has 0 radical (unpaired) electrons. The molecule has 0 saturated carbocycles. The highest BCUT2D eigenvalue weighted by Gasteiger charge is 2.09. The van der Waals surface area contributed by atoms with Crippen molar-refractivity contribution in [1.82, 2.24) is 9.88 Å². The van der Waals surface area contributed by atoms with E-state index in [9.17, 15) is 0 Å². The Hall–Kier alpha value is -2.06. The van der Waals surface area contributed by atoms with Crippen molar-refractivity contribution in [3.8, 4) is 0 Å². The number of hydrogen-bond acceptors (Lipinski definition) is 1. The Kier molecular flexibility index (Phi) is 4.82. The van der Waals surface area contributed by atoms with Crippen LogP contribution in [0.3, 0.4) is 0 Å².